The van der Waals surface area contributed by atoms with Crippen LogP contribution in [0.5, 0.6) is 0 Å². The van der Waals surface area contributed by atoms with Gasteiger partial charge in [-0.3, -0.25) is 4.79 Å². The van der Waals surface area contributed by atoms with Crippen molar-refractivity contribution in [3.63, 3.8) is 0 Å². The van der Waals surface area contributed by atoms with Gasteiger partial charge >= 0.3 is 18.3 Å². The van der Waals surface area contributed by atoms with E-state index in [2.05, 4.69) is 0 Å². The summed E-state index contributed by atoms with van der Waals surface area (Å²) in [6.45, 7) is 0. The Morgan fingerprint density at radius 3 is 2.50 bits per heavy atom. The average Bonchev–Trinajstić information content (AvgIpc) is 2.31. The van der Waals surface area contributed by atoms with E-state index in [4.69, 9.17) is 16.9 Å². The molecular formula is C10H5ClF4N2O. The highest BCUT2D eigenvalue weighted by molar-refractivity contribution is 6.33. The second kappa shape index (κ2) is 5.23. The van der Waals surface area contributed by atoms with Crippen LogP contribution in [-0.4, -0.2) is 18.3 Å². The molecule has 0 aliphatic heterocycles. The third-order valence-corrected chi connectivity index (χ3v) is 2.24. The lowest BCUT2D eigenvalue weighted by Gasteiger charge is -2.15. The van der Waals surface area contributed by atoms with Gasteiger partial charge in [0.15, 0.2) is 0 Å². The Hall–Kier alpha value is -1.81. The highest BCUT2D eigenvalue weighted by Crippen LogP contribution is 2.28. The van der Waals surface area contributed by atoms with E-state index < -0.39 is 18.3 Å². The number of nitriles is 1. The Morgan fingerprint density at radius 1 is 1.44 bits per heavy atom. The zero-order valence-electron chi connectivity index (χ0n) is 8.55. The summed E-state index contributed by atoms with van der Waals surface area (Å²) in [6.07, 6.45) is -4.12. The summed E-state index contributed by atoms with van der Waals surface area (Å²) in [5.41, 5.74) is -0.139. The van der Waals surface area contributed by atoms with E-state index in [1.165, 1.54) is 6.07 Å². The number of nitrogens with zero attached hydrogens (tertiary/aromatic N) is 1. The summed E-state index contributed by atoms with van der Waals surface area (Å²) in [4.78, 5) is 10.9. The van der Waals surface area contributed by atoms with Crippen LogP contribution in [-0.2, 0) is 4.79 Å². The first-order valence-electron chi connectivity index (χ1n) is 4.46. The number of anilines is 1. The summed E-state index contributed by atoms with van der Waals surface area (Å²) in [6, 6.07) is 5.11. The van der Waals surface area contributed by atoms with Gasteiger partial charge in [-0.05, 0) is 18.2 Å². The monoisotopic (exact) mass is 280 g/mol. The molecule has 0 fully saturated rings. The van der Waals surface area contributed by atoms with Gasteiger partial charge in [0.1, 0.15) is 0 Å². The second-order valence-corrected chi connectivity index (χ2v) is 3.59. The van der Waals surface area contributed by atoms with Crippen LogP contribution in [0, 0.1) is 11.3 Å². The Labute approximate surface area is 104 Å². The van der Waals surface area contributed by atoms with Gasteiger partial charge in [-0.25, -0.2) is 8.78 Å². The number of amides is 1. The molecule has 0 aliphatic carbocycles. The molecule has 0 heterocycles. The maximum absolute atomic E-state index is 12.6. The molecule has 1 N–H and O–H groups in total. The maximum Gasteiger partial charge on any atom is 0.383 e. The number of carbonyl (C=O) groups is 1. The highest BCUT2D eigenvalue weighted by atomic mass is 35.5. The van der Waals surface area contributed by atoms with Crippen molar-refractivity contribution < 1.29 is 22.4 Å². The zero-order chi connectivity index (χ0) is 13.9. The fraction of sp³-hybridized carbons (Fsp3) is 0.200. The van der Waals surface area contributed by atoms with E-state index in [0.29, 0.717) is 0 Å². The van der Waals surface area contributed by atoms with Crippen molar-refractivity contribution in [3.05, 3.63) is 28.8 Å². The number of alkyl halides is 4. The standard InChI is InChI=1S/C10H5ClF4N2O/c11-6-3-5(4-16)1-2-7(6)17-9(18)10(14,15)8(12)13/h1-3,8H,(H,17,18). The van der Waals surface area contributed by atoms with Crippen molar-refractivity contribution in [2.75, 3.05) is 5.32 Å². The predicted molar refractivity (Wildman–Crippen MR) is 55.7 cm³/mol. The largest absolute Gasteiger partial charge is 0.383 e. The summed E-state index contributed by atoms with van der Waals surface area (Å²) >= 11 is 5.58. The minimum atomic E-state index is -4.81. The molecule has 1 aromatic carbocycles. The van der Waals surface area contributed by atoms with Crippen LogP contribution >= 0.6 is 11.6 Å². The average molecular weight is 281 g/mol. The lowest BCUT2D eigenvalue weighted by Crippen LogP contribution is -2.41. The highest BCUT2D eigenvalue weighted by Gasteiger charge is 2.49. The Morgan fingerprint density at radius 2 is 2.06 bits per heavy atom. The first-order valence-corrected chi connectivity index (χ1v) is 4.84. The molecule has 8 heteroatoms. The van der Waals surface area contributed by atoms with E-state index in [-0.39, 0.29) is 16.3 Å². The summed E-state index contributed by atoms with van der Waals surface area (Å²) in [5.74, 6) is -6.97. The van der Waals surface area contributed by atoms with Gasteiger partial charge in [0.25, 0.3) is 0 Å². The van der Waals surface area contributed by atoms with Crippen LogP contribution in [0.2, 0.25) is 5.02 Å². The molecule has 0 radical (unpaired) electrons. The summed E-state index contributed by atoms with van der Waals surface area (Å²) in [7, 11) is 0. The van der Waals surface area contributed by atoms with Gasteiger partial charge < -0.3 is 5.32 Å². The van der Waals surface area contributed by atoms with Crippen molar-refractivity contribution in [1.82, 2.24) is 0 Å². The van der Waals surface area contributed by atoms with Crippen molar-refractivity contribution in [3.8, 4) is 6.07 Å². The van der Waals surface area contributed by atoms with E-state index in [1.807, 2.05) is 0 Å². The first kappa shape index (κ1) is 14.3. The molecule has 1 aromatic rings. The SMILES string of the molecule is N#Cc1ccc(NC(=O)C(F)(F)C(F)F)c(Cl)c1. The molecular weight excluding hydrogens is 276 g/mol. The van der Waals surface area contributed by atoms with Crippen molar-refractivity contribution in [2.45, 2.75) is 12.3 Å². The van der Waals surface area contributed by atoms with Crippen molar-refractivity contribution in [1.29, 1.82) is 5.26 Å². The number of halogens is 5. The molecule has 1 amide bonds. The van der Waals surface area contributed by atoms with Gasteiger partial charge in [-0.2, -0.15) is 14.0 Å². The Kier molecular flexibility index (Phi) is 4.14. The predicted octanol–water partition coefficient (Wildman–Crippen LogP) is 3.05. The lowest BCUT2D eigenvalue weighted by atomic mass is 10.2. The minimum Gasteiger partial charge on any atom is -0.319 e. The quantitative estimate of drug-likeness (QED) is 0.865. The fourth-order valence-corrected chi connectivity index (χ4v) is 1.22. The Bertz CT molecular complexity index is 513. The van der Waals surface area contributed by atoms with Crippen molar-refractivity contribution in [2.24, 2.45) is 0 Å². The van der Waals surface area contributed by atoms with E-state index in [0.717, 1.165) is 12.1 Å². The van der Waals surface area contributed by atoms with Crippen LogP contribution in [0.15, 0.2) is 18.2 Å². The van der Waals surface area contributed by atoms with Gasteiger partial charge in [0.05, 0.1) is 22.3 Å². The number of carbonyl (C=O) groups excluding carboxylic acids is 1. The smallest absolute Gasteiger partial charge is 0.319 e. The van der Waals surface area contributed by atoms with E-state index >= 15 is 0 Å². The third kappa shape index (κ3) is 2.90. The van der Waals surface area contributed by atoms with Crippen LogP contribution < -0.4 is 5.32 Å². The number of benzene rings is 1. The summed E-state index contributed by atoms with van der Waals surface area (Å²) < 4.78 is 49.1. The van der Waals surface area contributed by atoms with Crippen molar-refractivity contribution >= 4 is 23.2 Å². The molecule has 18 heavy (non-hydrogen) atoms. The van der Waals surface area contributed by atoms with E-state index in [9.17, 15) is 22.4 Å². The maximum atomic E-state index is 12.6. The topological polar surface area (TPSA) is 52.9 Å². The molecule has 0 spiro atoms. The normalized spacial score (nSPS) is 11.2. The van der Waals surface area contributed by atoms with Gasteiger partial charge in [-0.1, -0.05) is 11.6 Å². The molecule has 0 aromatic heterocycles. The molecule has 0 bridgehead atoms. The molecule has 0 unspecified atom stereocenters. The molecule has 96 valence electrons. The molecule has 0 atom stereocenters. The first-order chi connectivity index (χ1) is 8.28. The van der Waals surface area contributed by atoms with Gasteiger partial charge in [0, 0.05) is 0 Å². The second-order valence-electron chi connectivity index (χ2n) is 3.18. The van der Waals surface area contributed by atoms with Crippen LogP contribution in [0.3, 0.4) is 0 Å². The number of nitrogens with one attached hydrogen (secondary N) is 1. The van der Waals surface area contributed by atoms with Gasteiger partial charge in [-0.15, -0.1) is 0 Å². The fourth-order valence-electron chi connectivity index (χ4n) is 0.991. The van der Waals surface area contributed by atoms with Crippen LogP contribution in [0.4, 0.5) is 23.2 Å². The number of hydrogen-bond donors (Lipinski definition) is 1. The zero-order valence-corrected chi connectivity index (χ0v) is 9.31. The number of rotatable bonds is 3. The molecule has 0 aliphatic rings. The van der Waals surface area contributed by atoms with E-state index in [1.54, 1.807) is 11.4 Å². The summed E-state index contributed by atoms with van der Waals surface area (Å²) in [5, 5.41) is 9.89. The Balaban J connectivity index is 2.93. The third-order valence-electron chi connectivity index (χ3n) is 1.92. The van der Waals surface area contributed by atoms with Crippen LogP contribution in [0.25, 0.3) is 0 Å². The molecule has 1 rings (SSSR count). The van der Waals surface area contributed by atoms with Gasteiger partial charge in [0.2, 0.25) is 0 Å². The van der Waals surface area contributed by atoms with Crippen LogP contribution in [0.1, 0.15) is 5.56 Å². The minimum absolute atomic E-state index is 0.138. The molecule has 0 saturated heterocycles. The molecule has 3 nitrogen and oxygen atoms in total. The lowest BCUT2D eigenvalue weighted by molar-refractivity contribution is -0.163. The number of hydrogen-bond acceptors (Lipinski definition) is 2. The molecule has 0 saturated carbocycles.